The van der Waals surface area contributed by atoms with Crippen molar-refractivity contribution in [1.82, 2.24) is 0 Å². The van der Waals surface area contributed by atoms with Gasteiger partial charge in [-0.25, -0.2) is 4.79 Å². The Morgan fingerprint density at radius 1 is 0.900 bits per heavy atom. The average Bonchev–Trinajstić information content (AvgIpc) is 3.65. The van der Waals surface area contributed by atoms with E-state index in [9.17, 15) is 40.2 Å². The van der Waals surface area contributed by atoms with Gasteiger partial charge in [-0.3, -0.25) is 0 Å². The third-order valence-electron chi connectivity index (χ3n) is 14.2. The maximum absolute atomic E-state index is 13.2. The van der Waals surface area contributed by atoms with Gasteiger partial charge in [0.25, 0.3) is 0 Å². The maximum Gasteiger partial charge on any atom is 0.331 e. The predicted octanol–water partition coefficient (Wildman–Crippen LogP) is 0.113. The number of hydrogen-bond donors (Lipinski definition) is 6. The van der Waals surface area contributed by atoms with E-state index < -0.39 is 84.4 Å². The molecule has 0 aromatic carbocycles. The van der Waals surface area contributed by atoms with Crippen LogP contribution in [0.2, 0.25) is 0 Å². The van der Waals surface area contributed by atoms with E-state index in [0.29, 0.717) is 32.3 Å². The lowest BCUT2D eigenvalue weighted by molar-refractivity contribution is -0.362. The first-order valence-electron chi connectivity index (χ1n) is 18.4. The number of aliphatic hydroxyl groups is 6. The summed E-state index contributed by atoms with van der Waals surface area (Å²) in [4.78, 5) is 25.1. The Balaban J connectivity index is 1.01. The molecular formula is C36H54O14. The van der Waals surface area contributed by atoms with E-state index >= 15 is 0 Å². The normalized spacial score (nSPS) is 53.5. The molecule has 2 saturated heterocycles. The van der Waals surface area contributed by atoms with E-state index in [1.54, 1.807) is 13.0 Å². The Morgan fingerprint density at radius 2 is 1.66 bits per heavy atom. The summed E-state index contributed by atoms with van der Waals surface area (Å²) in [5, 5.41) is 64.3. The summed E-state index contributed by atoms with van der Waals surface area (Å²) in [7, 11) is 1.40. The van der Waals surface area contributed by atoms with Crippen molar-refractivity contribution in [2.75, 3.05) is 20.3 Å². The van der Waals surface area contributed by atoms with Crippen molar-refractivity contribution in [3.63, 3.8) is 0 Å². The number of ether oxygens (including phenoxy) is 6. The fourth-order valence-electron chi connectivity index (χ4n) is 11.5. The predicted molar refractivity (Wildman–Crippen MR) is 171 cm³/mol. The Morgan fingerprint density at radius 3 is 2.34 bits per heavy atom. The van der Waals surface area contributed by atoms with E-state index in [2.05, 4.69) is 6.92 Å². The van der Waals surface area contributed by atoms with Crippen molar-refractivity contribution in [2.24, 2.45) is 34.5 Å². The van der Waals surface area contributed by atoms with Gasteiger partial charge in [0.2, 0.25) is 0 Å². The van der Waals surface area contributed by atoms with Crippen molar-refractivity contribution in [3.05, 3.63) is 11.6 Å². The minimum atomic E-state index is -1.63. The Hall–Kier alpha value is -1.56. The van der Waals surface area contributed by atoms with Gasteiger partial charge in [0.05, 0.1) is 24.4 Å². The van der Waals surface area contributed by atoms with Gasteiger partial charge in [0, 0.05) is 24.0 Å². The monoisotopic (exact) mass is 710 g/mol. The molecule has 0 unspecified atom stereocenters. The number of cyclic esters (lactones) is 1. The summed E-state index contributed by atoms with van der Waals surface area (Å²) in [6.45, 7) is 3.55. The van der Waals surface area contributed by atoms with Crippen LogP contribution in [0.5, 0.6) is 0 Å². The van der Waals surface area contributed by atoms with Crippen LogP contribution in [0.15, 0.2) is 11.6 Å². The van der Waals surface area contributed by atoms with Crippen LogP contribution in [0.4, 0.5) is 0 Å². The molecule has 0 spiro atoms. The molecule has 0 radical (unpaired) electrons. The molecule has 14 nitrogen and oxygen atoms in total. The molecule has 18 atom stereocenters. The fraction of sp³-hybridized carbons (Fsp3) is 0.889. The van der Waals surface area contributed by atoms with Crippen LogP contribution in [0.25, 0.3) is 0 Å². The Bertz CT molecular complexity index is 1310. The molecule has 0 aromatic rings. The highest BCUT2D eigenvalue weighted by Gasteiger charge is 2.69. The van der Waals surface area contributed by atoms with Gasteiger partial charge in [-0.05, 0) is 94.0 Å². The zero-order valence-corrected chi connectivity index (χ0v) is 29.0. The summed E-state index contributed by atoms with van der Waals surface area (Å²) in [6.07, 6.45) is -3.53. The minimum absolute atomic E-state index is 0.0174. The minimum Gasteiger partial charge on any atom is -0.458 e. The molecular weight excluding hydrogens is 656 g/mol. The highest BCUT2D eigenvalue weighted by molar-refractivity contribution is 5.85. The smallest absolute Gasteiger partial charge is 0.331 e. The van der Waals surface area contributed by atoms with E-state index in [-0.39, 0.29) is 35.7 Å². The maximum atomic E-state index is 13.2. The quantitative estimate of drug-likeness (QED) is 0.112. The first kappa shape index (κ1) is 36.8. The van der Waals surface area contributed by atoms with Crippen LogP contribution in [0.3, 0.4) is 0 Å². The molecule has 50 heavy (non-hydrogen) atoms. The van der Waals surface area contributed by atoms with Crippen molar-refractivity contribution in [1.29, 1.82) is 0 Å². The van der Waals surface area contributed by atoms with Gasteiger partial charge in [-0.15, -0.1) is 0 Å². The SMILES string of the molecule is CO[C@@H]1[C@@H](O)[C@@H](O[C@@H]2CC[C@]3(C=O)[C@@H](CC[C@H]4[C@H]3CC[C@@]3(C)[C@H](C5=CC(=O)OC5)CC[C@@]43O)C2)O[C@H](C)[C@H]1O[C@@H]1O[C@H](CO)[C@@H](O)[C@H](O)[C@H]1O. The average molecular weight is 711 g/mol. The van der Waals surface area contributed by atoms with Crippen molar-refractivity contribution in [3.8, 4) is 0 Å². The van der Waals surface area contributed by atoms with Crippen LogP contribution in [-0.4, -0.2) is 136 Å². The first-order valence-corrected chi connectivity index (χ1v) is 18.4. The lowest BCUT2D eigenvalue weighted by atomic mass is 9.43. The summed E-state index contributed by atoms with van der Waals surface area (Å²) in [6, 6.07) is 0. The zero-order valence-electron chi connectivity index (χ0n) is 29.0. The Kier molecular flexibility index (Phi) is 10.1. The second kappa shape index (κ2) is 13.7. The number of fused-ring (bicyclic) bond motifs is 5. The summed E-state index contributed by atoms with van der Waals surface area (Å²) < 4.78 is 34.9. The molecule has 6 N–H and O–H groups in total. The van der Waals surface area contributed by atoms with Crippen LogP contribution in [0, 0.1) is 34.5 Å². The number of carbonyl (C=O) groups is 2. The molecule has 4 saturated carbocycles. The van der Waals surface area contributed by atoms with Crippen LogP contribution < -0.4 is 0 Å². The van der Waals surface area contributed by atoms with Gasteiger partial charge in [-0.2, -0.15) is 0 Å². The number of hydrogen-bond acceptors (Lipinski definition) is 14. The second-order valence-electron chi connectivity index (χ2n) is 16.2. The van der Waals surface area contributed by atoms with Crippen LogP contribution in [-0.2, 0) is 38.0 Å². The van der Waals surface area contributed by atoms with Gasteiger partial charge in [0.1, 0.15) is 55.6 Å². The Labute approximate surface area is 292 Å². The van der Waals surface area contributed by atoms with Gasteiger partial charge < -0.3 is 63.9 Å². The van der Waals surface area contributed by atoms with E-state index in [1.807, 2.05) is 0 Å². The number of aldehydes is 1. The van der Waals surface area contributed by atoms with Crippen LogP contribution in [0.1, 0.15) is 71.6 Å². The number of rotatable bonds is 8. The number of aliphatic hydroxyl groups excluding tert-OH is 5. The van der Waals surface area contributed by atoms with Gasteiger partial charge in [-0.1, -0.05) is 6.92 Å². The summed E-state index contributed by atoms with van der Waals surface area (Å²) in [5.74, 6) is -0.159. The molecule has 3 heterocycles. The topological polar surface area (TPSA) is 211 Å². The van der Waals surface area contributed by atoms with Crippen molar-refractivity contribution >= 4 is 12.3 Å². The highest BCUT2D eigenvalue weighted by Crippen LogP contribution is 2.69. The number of esters is 1. The van der Waals surface area contributed by atoms with Gasteiger partial charge >= 0.3 is 5.97 Å². The fourth-order valence-corrected chi connectivity index (χ4v) is 11.5. The van der Waals surface area contributed by atoms with E-state index in [4.69, 9.17) is 28.4 Å². The molecule has 6 fully saturated rings. The molecule has 14 heteroatoms. The second-order valence-corrected chi connectivity index (χ2v) is 16.2. The molecule has 282 valence electrons. The highest BCUT2D eigenvalue weighted by atomic mass is 16.7. The first-order chi connectivity index (χ1) is 23.8. The van der Waals surface area contributed by atoms with E-state index in [1.165, 1.54) is 7.11 Å². The summed E-state index contributed by atoms with van der Waals surface area (Å²) >= 11 is 0. The number of methoxy groups -OCH3 is 1. The third-order valence-corrected chi connectivity index (χ3v) is 14.2. The van der Waals surface area contributed by atoms with Crippen LogP contribution >= 0.6 is 0 Å². The number of carbonyl (C=O) groups excluding carboxylic acids is 2. The molecule has 3 aliphatic heterocycles. The molecule has 4 aliphatic carbocycles. The zero-order chi connectivity index (χ0) is 35.7. The van der Waals surface area contributed by atoms with Crippen molar-refractivity contribution < 1.29 is 68.6 Å². The standard InChI is InChI=1S/C36H54O14/c1-17-30(50-32-28(42)27(41)26(40)24(14-37)49-32)31(45-3)29(43)33(47-17)48-20-6-10-35(16-38)19(13-20)4-5-23-22(35)7-9-34(2)21(8-11-36(23,34)44)18-12-25(39)46-15-18/h12,16-17,19-24,26-33,37,40-44H,4-11,13-15H2,1-3H3/t17-,19+,20-,21+,22-,23+,24-,26-,27+,28-,29-,30-,31-,32+,33-,34+,35+,36-/m1/s1. The van der Waals surface area contributed by atoms with Crippen molar-refractivity contribution in [2.45, 2.75) is 145 Å². The molecule has 0 aromatic heterocycles. The summed E-state index contributed by atoms with van der Waals surface area (Å²) in [5.41, 5.74) is -0.922. The molecule has 7 aliphatic rings. The lowest BCUT2D eigenvalue weighted by Crippen LogP contribution is -2.65. The largest absolute Gasteiger partial charge is 0.458 e. The molecule has 0 amide bonds. The lowest BCUT2D eigenvalue weighted by Gasteiger charge is -2.63. The van der Waals surface area contributed by atoms with Gasteiger partial charge in [0.15, 0.2) is 12.6 Å². The molecule has 7 rings (SSSR count). The molecule has 0 bridgehead atoms. The third kappa shape index (κ3) is 5.64. The van der Waals surface area contributed by atoms with E-state index in [0.717, 1.165) is 44.0 Å².